The van der Waals surface area contributed by atoms with Crippen LogP contribution in [-0.2, 0) is 9.53 Å². The van der Waals surface area contributed by atoms with E-state index < -0.39 is 3.92 Å². The van der Waals surface area contributed by atoms with E-state index in [0.717, 1.165) is 0 Å². The molecule has 0 spiro atoms. The lowest BCUT2D eigenvalue weighted by molar-refractivity contribution is -0.139. The molecule has 0 fully saturated rings. The Morgan fingerprint density at radius 1 is 1.67 bits per heavy atom. The van der Waals surface area contributed by atoms with Crippen LogP contribution in [0.3, 0.4) is 0 Å². The molecule has 1 atom stereocenters. The first kappa shape index (κ1) is 12.0. The van der Waals surface area contributed by atoms with Crippen LogP contribution < -0.4 is 5.32 Å². The van der Waals surface area contributed by atoms with Crippen LogP contribution in [0.4, 0.5) is 0 Å². The van der Waals surface area contributed by atoms with Gasteiger partial charge < -0.3 is 14.5 Å². The van der Waals surface area contributed by atoms with E-state index in [2.05, 4.69) is 10.1 Å². The molecule has 1 aromatic rings. The zero-order valence-corrected chi connectivity index (χ0v) is 10.2. The molecule has 82 valence electrons. The molecule has 0 aliphatic heterocycles. The number of halogens is 1. The van der Waals surface area contributed by atoms with Gasteiger partial charge in [-0.1, -0.05) is 22.6 Å². The van der Waals surface area contributed by atoms with Gasteiger partial charge in [-0.2, -0.15) is 0 Å². The summed E-state index contributed by atoms with van der Waals surface area (Å²) in [5.41, 5.74) is 0. The maximum absolute atomic E-state index is 11.4. The monoisotopic (exact) mass is 323 g/mol. The van der Waals surface area contributed by atoms with Gasteiger partial charge >= 0.3 is 5.97 Å². The topological polar surface area (TPSA) is 68.5 Å². The highest BCUT2D eigenvalue weighted by atomic mass is 127. The van der Waals surface area contributed by atoms with Gasteiger partial charge in [0.15, 0.2) is 5.76 Å². The minimum Gasteiger partial charge on any atom is -0.468 e. The number of rotatable bonds is 4. The molecule has 0 saturated carbocycles. The summed E-state index contributed by atoms with van der Waals surface area (Å²) < 4.78 is 9.00. The molecule has 1 N–H and O–H groups in total. The Morgan fingerprint density at radius 3 is 2.93 bits per heavy atom. The van der Waals surface area contributed by atoms with Crippen LogP contribution >= 0.6 is 22.6 Å². The van der Waals surface area contributed by atoms with Crippen molar-refractivity contribution in [2.45, 2.75) is 3.92 Å². The Hall–Kier alpha value is -1.05. The summed E-state index contributed by atoms with van der Waals surface area (Å²) in [5, 5.41) is 2.56. The second kappa shape index (κ2) is 5.74. The maximum Gasteiger partial charge on any atom is 0.320 e. The van der Waals surface area contributed by atoms with E-state index in [1.54, 1.807) is 12.1 Å². The van der Waals surface area contributed by atoms with Gasteiger partial charge in [0, 0.05) is 6.54 Å². The number of carbonyl (C=O) groups excluding carboxylic acids is 2. The summed E-state index contributed by atoms with van der Waals surface area (Å²) in [7, 11) is 1.31. The summed E-state index contributed by atoms with van der Waals surface area (Å²) in [6.45, 7) is 0.215. The fourth-order valence-electron chi connectivity index (χ4n) is 0.888. The maximum atomic E-state index is 11.4. The zero-order chi connectivity index (χ0) is 11.3. The van der Waals surface area contributed by atoms with Crippen LogP contribution in [0.5, 0.6) is 0 Å². The zero-order valence-electron chi connectivity index (χ0n) is 8.03. The largest absolute Gasteiger partial charge is 0.468 e. The average molecular weight is 323 g/mol. The third-order valence-corrected chi connectivity index (χ3v) is 2.59. The molecule has 6 heteroatoms. The lowest BCUT2D eigenvalue weighted by Crippen LogP contribution is -2.33. The van der Waals surface area contributed by atoms with Crippen LogP contribution in [0.1, 0.15) is 10.6 Å². The molecule has 1 amide bonds. The third kappa shape index (κ3) is 3.54. The Kier molecular flexibility index (Phi) is 4.60. The summed E-state index contributed by atoms with van der Waals surface area (Å²) in [5.74, 6) is -0.482. The number of carbonyl (C=O) groups is 2. The quantitative estimate of drug-likeness (QED) is 0.510. The Balaban J connectivity index is 2.38. The molecule has 5 nitrogen and oxygen atoms in total. The molecule has 0 aliphatic rings. The van der Waals surface area contributed by atoms with Gasteiger partial charge in [-0.05, 0) is 12.1 Å². The fourth-order valence-corrected chi connectivity index (χ4v) is 1.36. The van der Waals surface area contributed by atoms with Crippen molar-refractivity contribution in [3.63, 3.8) is 0 Å². The predicted octanol–water partition coefficient (Wildman–Crippen LogP) is 0.986. The first-order valence-corrected chi connectivity index (χ1v) is 5.43. The smallest absolute Gasteiger partial charge is 0.320 e. The molecule has 0 aliphatic carbocycles. The number of hydrogen-bond acceptors (Lipinski definition) is 4. The predicted molar refractivity (Wildman–Crippen MR) is 60.9 cm³/mol. The summed E-state index contributed by atoms with van der Waals surface area (Å²) in [6, 6.07) is 3.17. The molecule has 1 heterocycles. The highest BCUT2D eigenvalue weighted by Gasteiger charge is 2.17. The summed E-state index contributed by atoms with van der Waals surface area (Å²) >= 11 is 1.90. The van der Waals surface area contributed by atoms with E-state index in [1.165, 1.54) is 13.4 Å². The van der Waals surface area contributed by atoms with Gasteiger partial charge in [-0.25, -0.2) is 0 Å². The summed E-state index contributed by atoms with van der Waals surface area (Å²) in [4.78, 5) is 22.4. The van der Waals surface area contributed by atoms with Crippen LogP contribution in [0.15, 0.2) is 22.8 Å². The molecule has 0 bridgehead atoms. The molecule has 1 unspecified atom stereocenters. The molecule has 0 aromatic carbocycles. The van der Waals surface area contributed by atoms with E-state index in [1.807, 2.05) is 22.6 Å². The van der Waals surface area contributed by atoms with Gasteiger partial charge in [0.05, 0.1) is 13.4 Å². The lowest BCUT2D eigenvalue weighted by Gasteiger charge is -2.07. The van der Waals surface area contributed by atoms with E-state index in [4.69, 9.17) is 4.42 Å². The molecule has 0 saturated heterocycles. The van der Waals surface area contributed by atoms with Crippen LogP contribution in [0, 0.1) is 0 Å². The van der Waals surface area contributed by atoms with E-state index in [-0.39, 0.29) is 24.2 Å². The van der Waals surface area contributed by atoms with Crippen LogP contribution in [-0.4, -0.2) is 29.5 Å². The number of alkyl halides is 1. The van der Waals surface area contributed by atoms with Gasteiger partial charge in [-0.15, -0.1) is 0 Å². The molecular formula is C9H10INO4. The highest BCUT2D eigenvalue weighted by molar-refractivity contribution is 14.1. The molecule has 1 aromatic heterocycles. The first-order chi connectivity index (χ1) is 7.15. The molecular weight excluding hydrogens is 313 g/mol. The van der Waals surface area contributed by atoms with E-state index in [9.17, 15) is 9.59 Å². The number of amides is 1. The fraction of sp³-hybridized carbons (Fsp3) is 0.333. The molecule has 0 radical (unpaired) electrons. The second-order valence-corrected chi connectivity index (χ2v) is 4.18. The number of esters is 1. The Morgan fingerprint density at radius 2 is 2.40 bits per heavy atom. The van der Waals surface area contributed by atoms with Crippen molar-refractivity contribution in [1.29, 1.82) is 0 Å². The second-order valence-electron chi connectivity index (χ2n) is 2.68. The SMILES string of the molecule is COC(=O)C(I)CNC(=O)c1ccco1. The van der Waals surface area contributed by atoms with Gasteiger partial charge in [0.25, 0.3) is 5.91 Å². The average Bonchev–Trinajstić information content (AvgIpc) is 2.77. The van der Waals surface area contributed by atoms with Crippen LogP contribution in [0.25, 0.3) is 0 Å². The van der Waals surface area contributed by atoms with Crippen molar-refractivity contribution in [3.8, 4) is 0 Å². The third-order valence-electron chi connectivity index (χ3n) is 1.64. The number of furan rings is 1. The van der Waals surface area contributed by atoms with Crippen LogP contribution in [0.2, 0.25) is 0 Å². The van der Waals surface area contributed by atoms with Gasteiger partial charge in [0.2, 0.25) is 0 Å². The van der Waals surface area contributed by atoms with Crippen molar-refractivity contribution in [2.75, 3.05) is 13.7 Å². The molecule has 15 heavy (non-hydrogen) atoms. The normalized spacial score (nSPS) is 11.9. The van der Waals surface area contributed by atoms with Crippen molar-refractivity contribution in [3.05, 3.63) is 24.2 Å². The van der Waals surface area contributed by atoms with Crippen molar-refractivity contribution >= 4 is 34.5 Å². The van der Waals surface area contributed by atoms with Crippen molar-refractivity contribution < 1.29 is 18.7 Å². The number of hydrogen-bond donors (Lipinski definition) is 1. The van der Waals surface area contributed by atoms with E-state index in [0.29, 0.717) is 0 Å². The number of methoxy groups -OCH3 is 1. The number of ether oxygens (including phenoxy) is 1. The summed E-state index contributed by atoms with van der Waals surface area (Å²) in [6.07, 6.45) is 1.41. The minimum atomic E-state index is -0.397. The van der Waals surface area contributed by atoms with Gasteiger partial charge in [0.1, 0.15) is 3.92 Å². The van der Waals surface area contributed by atoms with Gasteiger partial charge in [-0.3, -0.25) is 9.59 Å². The van der Waals surface area contributed by atoms with Crippen molar-refractivity contribution in [1.82, 2.24) is 5.32 Å². The number of nitrogens with one attached hydrogen (secondary N) is 1. The van der Waals surface area contributed by atoms with Crippen molar-refractivity contribution in [2.24, 2.45) is 0 Å². The van der Waals surface area contributed by atoms with E-state index >= 15 is 0 Å². The minimum absolute atomic E-state index is 0.215. The lowest BCUT2D eigenvalue weighted by atomic mass is 10.4. The standard InChI is InChI=1S/C9H10INO4/c1-14-9(13)6(10)5-11-8(12)7-3-2-4-15-7/h2-4,6H,5H2,1H3,(H,11,12). The first-order valence-electron chi connectivity index (χ1n) is 4.18. The Bertz CT molecular complexity index is 336. The Labute approximate surface area is 100 Å². The highest BCUT2D eigenvalue weighted by Crippen LogP contribution is 2.03. The molecule has 1 rings (SSSR count).